The molecule has 0 bridgehead atoms. The molecule has 0 fully saturated rings. The number of rotatable bonds is 6. The lowest BCUT2D eigenvalue weighted by Gasteiger charge is -2.24. The number of benzene rings is 1. The van der Waals surface area contributed by atoms with Gasteiger partial charge in [0.25, 0.3) is 0 Å². The van der Waals surface area contributed by atoms with E-state index in [2.05, 4.69) is 10.6 Å². The summed E-state index contributed by atoms with van der Waals surface area (Å²) in [7, 11) is 0. The minimum atomic E-state index is -0.689. The molecular formula is C16H24N2O3. The average molecular weight is 292 g/mol. The summed E-state index contributed by atoms with van der Waals surface area (Å²) in [6, 6.07) is 8.91. The van der Waals surface area contributed by atoms with E-state index in [0.717, 1.165) is 5.56 Å². The van der Waals surface area contributed by atoms with Gasteiger partial charge in [0.2, 0.25) is 11.8 Å². The van der Waals surface area contributed by atoms with Crippen LogP contribution in [-0.2, 0) is 20.9 Å². The van der Waals surface area contributed by atoms with Crippen molar-refractivity contribution < 1.29 is 14.3 Å². The zero-order chi connectivity index (χ0) is 15.9. The molecule has 1 rings (SSSR count). The highest BCUT2D eigenvalue weighted by atomic mass is 16.5. The van der Waals surface area contributed by atoms with E-state index in [9.17, 15) is 9.59 Å². The normalized spacial score (nSPS) is 12.6. The fourth-order valence-electron chi connectivity index (χ4n) is 1.67. The molecule has 21 heavy (non-hydrogen) atoms. The predicted octanol–water partition coefficient (Wildman–Crippen LogP) is 1.62. The Balaban J connectivity index is 2.56. The van der Waals surface area contributed by atoms with Crippen LogP contribution in [0.1, 0.15) is 33.3 Å². The molecule has 2 amide bonds. The zero-order valence-electron chi connectivity index (χ0n) is 13.1. The molecule has 0 heterocycles. The van der Waals surface area contributed by atoms with Crippen LogP contribution >= 0.6 is 0 Å². The molecule has 5 heteroatoms. The Morgan fingerprint density at radius 1 is 1.19 bits per heavy atom. The topological polar surface area (TPSA) is 67.4 Å². The standard InChI is InChI=1S/C16H24N2O3/c1-12(19)18-14(11-21-16(2,3)4)15(20)17-10-13-8-6-5-7-9-13/h5-9,14H,10-11H2,1-4H3,(H,17,20)(H,18,19)/t14-/m1/s1. The molecule has 1 aromatic carbocycles. The van der Waals surface area contributed by atoms with Crippen molar-refractivity contribution in [3.8, 4) is 0 Å². The van der Waals surface area contributed by atoms with Gasteiger partial charge in [-0.1, -0.05) is 30.3 Å². The number of nitrogens with one attached hydrogen (secondary N) is 2. The second kappa shape index (κ2) is 7.78. The van der Waals surface area contributed by atoms with E-state index < -0.39 is 6.04 Å². The zero-order valence-corrected chi connectivity index (χ0v) is 13.1. The highest BCUT2D eigenvalue weighted by molar-refractivity contribution is 5.86. The van der Waals surface area contributed by atoms with Crippen LogP contribution in [0, 0.1) is 0 Å². The molecule has 0 unspecified atom stereocenters. The number of hydrogen-bond acceptors (Lipinski definition) is 3. The van der Waals surface area contributed by atoms with Crippen molar-refractivity contribution in [3.05, 3.63) is 35.9 Å². The van der Waals surface area contributed by atoms with Gasteiger partial charge in [0.05, 0.1) is 12.2 Å². The van der Waals surface area contributed by atoms with Crippen LogP contribution in [0.15, 0.2) is 30.3 Å². The van der Waals surface area contributed by atoms with Crippen molar-refractivity contribution in [2.45, 2.75) is 45.9 Å². The number of ether oxygens (including phenoxy) is 1. The maximum atomic E-state index is 12.2. The highest BCUT2D eigenvalue weighted by Crippen LogP contribution is 2.07. The largest absolute Gasteiger partial charge is 0.373 e. The van der Waals surface area contributed by atoms with E-state index in [0.29, 0.717) is 6.54 Å². The Morgan fingerprint density at radius 3 is 2.33 bits per heavy atom. The second-order valence-electron chi connectivity index (χ2n) is 5.88. The summed E-state index contributed by atoms with van der Waals surface area (Å²) >= 11 is 0. The van der Waals surface area contributed by atoms with Crippen molar-refractivity contribution in [1.29, 1.82) is 0 Å². The Morgan fingerprint density at radius 2 is 1.81 bits per heavy atom. The number of hydrogen-bond donors (Lipinski definition) is 2. The summed E-state index contributed by atoms with van der Waals surface area (Å²) in [6.45, 7) is 7.66. The van der Waals surface area contributed by atoms with Gasteiger partial charge in [-0.3, -0.25) is 9.59 Å². The van der Waals surface area contributed by atoms with E-state index in [-0.39, 0.29) is 24.0 Å². The van der Waals surface area contributed by atoms with Gasteiger partial charge in [-0.05, 0) is 26.3 Å². The molecule has 0 aliphatic rings. The minimum absolute atomic E-state index is 0.143. The minimum Gasteiger partial charge on any atom is -0.373 e. The maximum Gasteiger partial charge on any atom is 0.245 e. The molecule has 0 aliphatic heterocycles. The van der Waals surface area contributed by atoms with Crippen molar-refractivity contribution in [2.75, 3.05) is 6.61 Å². The summed E-state index contributed by atoms with van der Waals surface area (Å²) in [5.74, 6) is -0.509. The SMILES string of the molecule is CC(=O)N[C@H](COC(C)(C)C)C(=O)NCc1ccccc1. The van der Waals surface area contributed by atoms with Crippen LogP contribution in [0.25, 0.3) is 0 Å². The molecule has 0 saturated heterocycles. The first-order valence-electron chi connectivity index (χ1n) is 7.00. The molecule has 1 atom stereocenters. The van der Waals surface area contributed by atoms with Gasteiger partial charge in [0, 0.05) is 13.5 Å². The number of carbonyl (C=O) groups is 2. The summed E-state index contributed by atoms with van der Waals surface area (Å²) < 4.78 is 5.59. The maximum absolute atomic E-state index is 12.2. The third-order valence-electron chi connectivity index (χ3n) is 2.69. The van der Waals surface area contributed by atoms with E-state index >= 15 is 0 Å². The molecule has 116 valence electrons. The first kappa shape index (κ1) is 17.2. The average Bonchev–Trinajstić information content (AvgIpc) is 2.40. The summed E-state index contributed by atoms with van der Waals surface area (Å²) in [4.78, 5) is 23.4. The fraction of sp³-hybridized carbons (Fsp3) is 0.500. The molecule has 0 aliphatic carbocycles. The third kappa shape index (κ3) is 7.46. The van der Waals surface area contributed by atoms with E-state index in [1.54, 1.807) is 0 Å². The van der Waals surface area contributed by atoms with Gasteiger partial charge in [-0.25, -0.2) is 0 Å². The predicted molar refractivity (Wildman–Crippen MR) is 81.6 cm³/mol. The van der Waals surface area contributed by atoms with Gasteiger partial charge in [0.15, 0.2) is 0 Å². The molecule has 0 aromatic heterocycles. The fourth-order valence-corrected chi connectivity index (χ4v) is 1.67. The Hall–Kier alpha value is -1.88. The molecule has 0 radical (unpaired) electrons. The molecule has 0 saturated carbocycles. The van der Waals surface area contributed by atoms with Crippen LogP contribution in [0.4, 0.5) is 0 Å². The molecule has 1 aromatic rings. The highest BCUT2D eigenvalue weighted by Gasteiger charge is 2.22. The number of carbonyl (C=O) groups excluding carboxylic acids is 2. The van der Waals surface area contributed by atoms with E-state index in [4.69, 9.17) is 4.74 Å². The van der Waals surface area contributed by atoms with Crippen LogP contribution < -0.4 is 10.6 Å². The number of amides is 2. The van der Waals surface area contributed by atoms with Crippen molar-refractivity contribution in [1.82, 2.24) is 10.6 Å². The molecule has 2 N–H and O–H groups in total. The smallest absolute Gasteiger partial charge is 0.245 e. The van der Waals surface area contributed by atoms with Crippen LogP contribution in [0.2, 0.25) is 0 Å². The molecule has 5 nitrogen and oxygen atoms in total. The quantitative estimate of drug-likeness (QED) is 0.837. The van der Waals surface area contributed by atoms with Gasteiger partial charge >= 0.3 is 0 Å². The van der Waals surface area contributed by atoms with Crippen molar-refractivity contribution in [2.24, 2.45) is 0 Å². The first-order valence-corrected chi connectivity index (χ1v) is 7.00. The second-order valence-corrected chi connectivity index (χ2v) is 5.88. The van der Waals surface area contributed by atoms with Gasteiger partial charge in [0.1, 0.15) is 6.04 Å². The Labute approximate surface area is 126 Å². The van der Waals surface area contributed by atoms with Crippen LogP contribution in [0.5, 0.6) is 0 Å². The summed E-state index contributed by atoms with van der Waals surface area (Å²) in [5.41, 5.74) is 0.639. The van der Waals surface area contributed by atoms with Crippen molar-refractivity contribution >= 4 is 11.8 Å². The van der Waals surface area contributed by atoms with Crippen molar-refractivity contribution in [3.63, 3.8) is 0 Å². The monoisotopic (exact) mass is 292 g/mol. The molecular weight excluding hydrogens is 268 g/mol. The summed E-state index contributed by atoms with van der Waals surface area (Å²) in [5, 5.41) is 5.42. The third-order valence-corrected chi connectivity index (χ3v) is 2.69. The van der Waals surface area contributed by atoms with Crippen LogP contribution in [-0.4, -0.2) is 30.1 Å². The van der Waals surface area contributed by atoms with Gasteiger partial charge in [-0.2, -0.15) is 0 Å². The van der Waals surface area contributed by atoms with E-state index in [1.165, 1.54) is 6.92 Å². The van der Waals surface area contributed by atoms with Crippen LogP contribution in [0.3, 0.4) is 0 Å². The first-order chi connectivity index (χ1) is 9.78. The van der Waals surface area contributed by atoms with E-state index in [1.807, 2.05) is 51.1 Å². The van der Waals surface area contributed by atoms with Gasteiger partial charge in [-0.15, -0.1) is 0 Å². The lowest BCUT2D eigenvalue weighted by Crippen LogP contribution is -2.49. The molecule has 0 spiro atoms. The van der Waals surface area contributed by atoms with Gasteiger partial charge < -0.3 is 15.4 Å². The Kier molecular flexibility index (Phi) is 6.37. The summed E-state index contributed by atoms with van der Waals surface area (Å²) in [6.07, 6.45) is 0. The lowest BCUT2D eigenvalue weighted by atomic mass is 10.2. The lowest BCUT2D eigenvalue weighted by molar-refractivity contribution is -0.131. The Bertz CT molecular complexity index is 466.